The molecule has 86 valence electrons. The molecule has 0 amide bonds. The third-order valence-corrected chi connectivity index (χ3v) is 1.77. The summed E-state index contributed by atoms with van der Waals surface area (Å²) in [6, 6.07) is 3.45. The summed E-state index contributed by atoms with van der Waals surface area (Å²) in [5.74, 6) is 0. The van der Waals surface area contributed by atoms with Crippen LogP contribution in [0, 0.1) is 10.1 Å². The molecule has 1 aromatic heterocycles. The van der Waals surface area contributed by atoms with Crippen LogP contribution in [0.3, 0.4) is 0 Å². The summed E-state index contributed by atoms with van der Waals surface area (Å²) in [4.78, 5) is 14.2. The Morgan fingerprint density at radius 3 is 2.62 bits per heavy atom. The fourth-order valence-corrected chi connectivity index (χ4v) is 1.13. The zero-order valence-corrected chi connectivity index (χ0v) is 9.80. The highest BCUT2D eigenvalue weighted by atomic mass is 16.6. The third-order valence-electron chi connectivity index (χ3n) is 1.77. The highest BCUT2D eigenvalue weighted by Gasteiger charge is 2.16. The van der Waals surface area contributed by atoms with Crippen LogP contribution in [0.5, 0.6) is 0 Å². The number of hydrogen-bond donors (Lipinski definition) is 0. The Labute approximate surface area is 95.5 Å². The van der Waals surface area contributed by atoms with Crippen molar-refractivity contribution in [3.63, 3.8) is 0 Å². The molecule has 1 heterocycles. The normalized spacial score (nSPS) is 10.1. The van der Waals surface area contributed by atoms with E-state index in [0.717, 1.165) is 0 Å². The number of pyridine rings is 1. The maximum absolute atomic E-state index is 10.7. The van der Waals surface area contributed by atoms with Crippen LogP contribution in [-0.2, 0) is 0 Å². The molecule has 4 heteroatoms. The second-order valence-corrected chi connectivity index (χ2v) is 2.58. The van der Waals surface area contributed by atoms with Crippen LogP contribution in [0.1, 0.15) is 32.0 Å². The van der Waals surface area contributed by atoms with Crippen molar-refractivity contribution in [2.24, 2.45) is 0 Å². The largest absolute Gasteiger partial charge is 0.291 e. The maximum atomic E-state index is 10.7. The van der Waals surface area contributed by atoms with Gasteiger partial charge in [-0.15, -0.1) is 0 Å². The van der Waals surface area contributed by atoms with E-state index in [2.05, 4.69) is 11.6 Å². The molecule has 0 aliphatic heterocycles. The standard InChI is InChI=1S/C10H10N2O2.C2H6/c1-3-8-6-5-7-11-10(8)9(4-2)12(13)14;1-2/h3-7H,1H2,2H3;1-2H3/b9-4+;. The predicted octanol–water partition coefficient (Wildman–Crippen LogP) is 3.39. The summed E-state index contributed by atoms with van der Waals surface area (Å²) in [7, 11) is 0. The lowest BCUT2D eigenvalue weighted by molar-refractivity contribution is -0.375. The van der Waals surface area contributed by atoms with Gasteiger partial charge >= 0.3 is 0 Å². The first kappa shape index (κ1) is 14.0. The number of rotatable bonds is 3. The van der Waals surface area contributed by atoms with Gasteiger partial charge in [-0.1, -0.05) is 32.6 Å². The topological polar surface area (TPSA) is 56.0 Å². The molecule has 0 radical (unpaired) electrons. The van der Waals surface area contributed by atoms with Gasteiger partial charge < -0.3 is 0 Å². The quantitative estimate of drug-likeness (QED) is 0.579. The number of nitrogens with zero attached hydrogens (tertiary/aromatic N) is 2. The molecule has 0 aliphatic rings. The molecule has 1 rings (SSSR count). The van der Waals surface area contributed by atoms with E-state index in [1.165, 1.54) is 12.3 Å². The van der Waals surface area contributed by atoms with E-state index >= 15 is 0 Å². The van der Waals surface area contributed by atoms with Crippen molar-refractivity contribution in [3.05, 3.63) is 52.4 Å². The fraction of sp³-hybridized carbons (Fsp3) is 0.250. The minimum absolute atomic E-state index is 0.000463. The van der Waals surface area contributed by atoms with Crippen LogP contribution in [0.4, 0.5) is 0 Å². The Hall–Kier alpha value is -1.97. The van der Waals surface area contributed by atoms with Gasteiger partial charge in [0.1, 0.15) is 5.69 Å². The molecule has 0 bridgehead atoms. The molecule has 0 fully saturated rings. The van der Waals surface area contributed by atoms with Gasteiger partial charge in [0.2, 0.25) is 0 Å². The van der Waals surface area contributed by atoms with Gasteiger partial charge in [0, 0.05) is 11.8 Å². The Morgan fingerprint density at radius 1 is 1.56 bits per heavy atom. The molecule has 16 heavy (non-hydrogen) atoms. The zero-order chi connectivity index (χ0) is 12.6. The van der Waals surface area contributed by atoms with E-state index in [-0.39, 0.29) is 5.70 Å². The lowest BCUT2D eigenvalue weighted by Crippen LogP contribution is -2.01. The Bertz CT molecular complexity index is 398. The van der Waals surface area contributed by atoms with Gasteiger partial charge in [0.05, 0.1) is 4.92 Å². The Balaban J connectivity index is 0.00000106. The molecule has 0 saturated heterocycles. The van der Waals surface area contributed by atoms with Crippen molar-refractivity contribution in [2.75, 3.05) is 0 Å². The van der Waals surface area contributed by atoms with Gasteiger partial charge in [0.25, 0.3) is 5.70 Å². The highest BCUT2D eigenvalue weighted by molar-refractivity contribution is 5.66. The summed E-state index contributed by atoms with van der Waals surface area (Å²) in [5.41, 5.74) is 1.02. The second kappa shape index (κ2) is 7.34. The molecule has 1 aromatic rings. The van der Waals surface area contributed by atoms with Crippen LogP contribution in [0.25, 0.3) is 11.8 Å². The minimum Gasteiger partial charge on any atom is -0.258 e. The summed E-state index contributed by atoms with van der Waals surface area (Å²) < 4.78 is 0. The monoisotopic (exact) mass is 220 g/mol. The molecule has 0 spiro atoms. The third kappa shape index (κ3) is 3.31. The maximum Gasteiger partial charge on any atom is 0.291 e. The molecular weight excluding hydrogens is 204 g/mol. The number of allylic oxidation sites excluding steroid dienone is 1. The van der Waals surface area contributed by atoms with Crippen LogP contribution in [0.2, 0.25) is 0 Å². The van der Waals surface area contributed by atoms with E-state index in [1.54, 1.807) is 25.1 Å². The molecule has 0 aromatic carbocycles. The molecule has 0 unspecified atom stereocenters. The first-order valence-electron chi connectivity index (χ1n) is 5.09. The predicted molar refractivity (Wildman–Crippen MR) is 66.3 cm³/mol. The fourth-order valence-electron chi connectivity index (χ4n) is 1.13. The molecule has 0 atom stereocenters. The average molecular weight is 220 g/mol. The summed E-state index contributed by atoms with van der Waals surface area (Å²) in [6.07, 6.45) is 4.50. The Kier molecular flexibility index (Phi) is 6.43. The first-order valence-corrected chi connectivity index (χ1v) is 5.09. The molecule has 0 saturated carbocycles. The molecular formula is C12H16N2O2. The van der Waals surface area contributed by atoms with Crippen molar-refractivity contribution in [2.45, 2.75) is 20.8 Å². The Morgan fingerprint density at radius 2 is 2.19 bits per heavy atom. The SMILES string of the molecule is C=Cc1cccnc1/C(=C\C)[N+](=O)[O-].CC. The van der Waals surface area contributed by atoms with E-state index < -0.39 is 4.92 Å². The van der Waals surface area contributed by atoms with E-state index in [9.17, 15) is 10.1 Å². The van der Waals surface area contributed by atoms with Gasteiger partial charge in [-0.3, -0.25) is 10.1 Å². The summed E-state index contributed by atoms with van der Waals surface area (Å²) >= 11 is 0. The van der Waals surface area contributed by atoms with Crippen LogP contribution < -0.4 is 0 Å². The van der Waals surface area contributed by atoms with E-state index in [4.69, 9.17) is 0 Å². The van der Waals surface area contributed by atoms with Crippen molar-refractivity contribution in [1.29, 1.82) is 0 Å². The van der Waals surface area contributed by atoms with Gasteiger partial charge in [0.15, 0.2) is 0 Å². The highest BCUT2D eigenvalue weighted by Crippen LogP contribution is 2.17. The first-order chi connectivity index (χ1) is 7.70. The van der Waals surface area contributed by atoms with Crippen LogP contribution in [-0.4, -0.2) is 9.91 Å². The van der Waals surface area contributed by atoms with Crippen LogP contribution in [0.15, 0.2) is 31.0 Å². The van der Waals surface area contributed by atoms with Gasteiger partial charge in [-0.2, -0.15) is 0 Å². The van der Waals surface area contributed by atoms with E-state index in [1.807, 2.05) is 13.8 Å². The number of aromatic nitrogens is 1. The van der Waals surface area contributed by atoms with Crippen molar-refractivity contribution >= 4 is 11.8 Å². The lowest BCUT2D eigenvalue weighted by Gasteiger charge is -2.00. The van der Waals surface area contributed by atoms with Crippen molar-refractivity contribution in [1.82, 2.24) is 4.98 Å². The van der Waals surface area contributed by atoms with Gasteiger partial charge in [-0.05, 0) is 19.1 Å². The average Bonchev–Trinajstić information content (AvgIpc) is 2.33. The van der Waals surface area contributed by atoms with E-state index in [0.29, 0.717) is 11.3 Å². The second-order valence-electron chi connectivity index (χ2n) is 2.58. The molecule has 0 aliphatic carbocycles. The summed E-state index contributed by atoms with van der Waals surface area (Å²) in [5, 5.41) is 10.7. The van der Waals surface area contributed by atoms with Gasteiger partial charge in [-0.25, -0.2) is 4.98 Å². The molecule has 4 nitrogen and oxygen atoms in total. The molecule has 0 N–H and O–H groups in total. The number of nitro groups is 1. The van der Waals surface area contributed by atoms with Crippen LogP contribution >= 0.6 is 0 Å². The smallest absolute Gasteiger partial charge is 0.258 e. The van der Waals surface area contributed by atoms with Crippen molar-refractivity contribution in [3.8, 4) is 0 Å². The number of hydrogen-bond acceptors (Lipinski definition) is 3. The zero-order valence-electron chi connectivity index (χ0n) is 9.80. The lowest BCUT2D eigenvalue weighted by atomic mass is 10.1. The van der Waals surface area contributed by atoms with Crippen molar-refractivity contribution < 1.29 is 4.92 Å². The summed E-state index contributed by atoms with van der Waals surface area (Å²) in [6.45, 7) is 9.19. The minimum atomic E-state index is -0.449.